The van der Waals surface area contributed by atoms with Gasteiger partial charge in [-0.05, 0) is 74.4 Å². The van der Waals surface area contributed by atoms with Crippen molar-refractivity contribution in [2.24, 2.45) is 0 Å². The van der Waals surface area contributed by atoms with Gasteiger partial charge in [0.25, 0.3) is 11.5 Å². The van der Waals surface area contributed by atoms with Crippen LogP contribution in [0.2, 0.25) is 0 Å². The third-order valence-corrected chi connectivity index (χ3v) is 7.85. The molecule has 0 unspecified atom stereocenters. The molecule has 0 saturated heterocycles. The molecule has 1 atom stereocenters. The highest BCUT2D eigenvalue weighted by Gasteiger charge is 2.26. The van der Waals surface area contributed by atoms with Crippen molar-refractivity contribution in [2.45, 2.75) is 65.0 Å². The van der Waals surface area contributed by atoms with Crippen LogP contribution in [0.5, 0.6) is 0 Å². The Kier molecular flexibility index (Phi) is 6.46. The van der Waals surface area contributed by atoms with E-state index < -0.39 is 6.04 Å². The topological polar surface area (TPSA) is 94.2 Å². The van der Waals surface area contributed by atoms with E-state index in [9.17, 15) is 9.59 Å². The number of pyridine rings is 2. The molecular weight excluding hydrogens is 488 g/mol. The molecule has 6 rings (SSSR count). The predicted molar refractivity (Wildman–Crippen MR) is 152 cm³/mol. The fourth-order valence-electron chi connectivity index (χ4n) is 6.00. The summed E-state index contributed by atoms with van der Waals surface area (Å²) in [5.74, 6) is -0.252. The highest BCUT2D eigenvalue weighted by molar-refractivity contribution is 6.01. The van der Waals surface area contributed by atoms with Gasteiger partial charge in [0.2, 0.25) is 0 Å². The van der Waals surface area contributed by atoms with Gasteiger partial charge in [0, 0.05) is 36.0 Å². The van der Waals surface area contributed by atoms with Crippen LogP contribution in [-0.4, -0.2) is 30.1 Å². The third kappa shape index (κ3) is 4.50. The molecule has 4 aromatic heterocycles. The van der Waals surface area contributed by atoms with Gasteiger partial charge in [0.05, 0.1) is 17.1 Å². The number of hydrogen-bond donors (Lipinski definition) is 1. The largest absolute Gasteiger partial charge is 0.344 e. The predicted octanol–water partition coefficient (Wildman–Crippen LogP) is 5.72. The molecule has 0 bridgehead atoms. The molecule has 8 nitrogen and oxygen atoms in total. The van der Waals surface area contributed by atoms with Gasteiger partial charge in [-0.2, -0.15) is 5.10 Å². The third-order valence-electron chi connectivity index (χ3n) is 7.85. The summed E-state index contributed by atoms with van der Waals surface area (Å²) in [5.41, 5.74) is 5.17. The molecule has 1 aromatic carbocycles. The Hall–Kier alpha value is -4.33. The van der Waals surface area contributed by atoms with Crippen molar-refractivity contribution in [3.8, 4) is 11.1 Å². The standard InChI is InChI=1S/C31H32N6O2/c1-19-17-22(13-15-32-19)25-12-7-9-23-18-26(37(31(39)28(23)25)24-10-5-4-6-11-24)20(2)34-30(38)27-21(3)35-36-16-8-14-33-29(27)36/h7-9,12-18,20,24H,4-6,10-11H2,1-3H3,(H,34,38)/t20-/m0/s1. The molecule has 0 radical (unpaired) electrons. The Balaban J connectivity index is 1.48. The normalized spacial score (nSPS) is 15.1. The van der Waals surface area contributed by atoms with Crippen molar-refractivity contribution in [3.05, 3.63) is 94.1 Å². The first-order valence-corrected chi connectivity index (χ1v) is 13.6. The number of carbonyl (C=O) groups excluding carboxylic acids is 1. The monoisotopic (exact) mass is 520 g/mol. The summed E-state index contributed by atoms with van der Waals surface area (Å²) in [6.45, 7) is 5.71. The van der Waals surface area contributed by atoms with Crippen molar-refractivity contribution in [1.82, 2.24) is 29.5 Å². The highest BCUT2D eigenvalue weighted by Crippen LogP contribution is 2.33. The molecule has 39 heavy (non-hydrogen) atoms. The maximum Gasteiger partial charge on any atom is 0.259 e. The quantitative estimate of drug-likeness (QED) is 0.320. The van der Waals surface area contributed by atoms with E-state index >= 15 is 0 Å². The molecule has 0 aliphatic heterocycles. The lowest BCUT2D eigenvalue weighted by molar-refractivity contribution is 0.0938. The number of carbonyl (C=O) groups is 1. The SMILES string of the molecule is Cc1cc(-c2cccc3cc([C@H](C)NC(=O)c4c(C)nn5cccnc45)n(C4CCCCC4)c(=O)c23)ccn1. The molecule has 0 spiro atoms. The molecule has 198 valence electrons. The summed E-state index contributed by atoms with van der Waals surface area (Å²) in [7, 11) is 0. The van der Waals surface area contributed by atoms with E-state index in [1.54, 1.807) is 29.2 Å². The minimum Gasteiger partial charge on any atom is -0.344 e. The number of hydrogen-bond acceptors (Lipinski definition) is 5. The average Bonchev–Trinajstić information content (AvgIpc) is 3.28. The number of aromatic nitrogens is 5. The number of nitrogens with zero attached hydrogens (tertiary/aromatic N) is 5. The number of benzene rings is 1. The summed E-state index contributed by atoms with van der Waals surface area (Å²) < 4.78 is 3.58. The van der Waals surface area contributed by atoms with E-state index in [-0.39, 0.29) is 17.5 Å². The molecular formula is C31H32N6O2. The van der Waals surface area contributed by atoms with Gasteiger partial charge in [-0.25, -0.2) is 9.50 Å². The van der Waals surface area contributed by atoms with Crippen LogP contribution in [0.4, 0.5) is 0 Å². The van der Waals surface area contributed by atoms with Crippen molar-refractivity contribution in [3.63, 3.8) is 0 Å². The number of amides is 1. The fraction of sp³-hybridized carbons (Fsp3) is 0.323. The summed E-state index contributed by atoms with van der Waals surface area (Å²) in [6, 6.07) is 13.5. The van der Waals surface area contributed by atoms with Crippen LogP contribution in [0.1, 0.15) is 78.6 Å². The van der Waals surface area contributed by atoms with E-state index in [1.807, 2.05) is 55.7 Å². The Bertz CT molecular complexity index is 1760. The zero-order chi connectivity index (χ0) is 27.1. The zero-order valence-corrected chi connectivity index (χ0v) is 22.5. The molecule has 8 heteroatoms. The first kappa shape index (κ1) is 25.0. The average molecular weight is 521 g/mol. The van der Waals surface area contributed by atoms with Crippen LogP contribution < -0.4 is 10.9 Å². The summed E-state index contributed by atoms with van der Waals surface area (Å²) in [5, 5.41) is 9.17. The van der Waals surface area contributed by atoms with Gasteiger partial charge in [-0.3, -0.25) is 14.6 Å². The Morgan fingerprint density at radius 2 is 1.85 bits per heavy atom. The summed E-state index contributed by atoms with van der Waals surface area (Å²) in [6.07, 6.45) is 10.5. The van der Waals surface area contributed by atoms with Crippen LogP contribution in [0.25, 0.3) is 27.5 Å². The Labute approximate surface area is 226 Å². The smallest absolute Gasteiger partial charge is 0.259 e. The van der Waals surface area contributed by atoms with Crippen LogP contribution in [0.3, 0.4) is 0 Å². The maximum absolute atomic E-state index is 14.4. The van der Waals surface area contributed by atoms with E-state index in [0.29, 0.717) is 22.3 Å². The van der Waals surface area contributed by atoms with Crippen LogP contribution >= 0.6 is 0 Å². The van der Waals surface area contributed by atoms with Gasteiger partial charge < -0.3 is 9.88 Å². The fourth-order valence-corrected chi connectivity index (χ4v) is 6.00. The van der Waals surface area contributed by atoms with Crippen LogP contribution in [0, 0.1) is 13.8 Å². The van der Waals surface area contributed by atoms with E-state index in [0.717, 1.165) is 53.6 Å². The van der Waals surface area contributed by atoms with Crippen molar-refractivity contribution < 1.29 is 4.79 Å². The molecule has 4 heterocycles. The lowest BCUT2D eigenvalue weighted by atomic mass is 9.93. The van der Waals surface area contributed by atoms with Crippen LogP contribution in [0.15, 0.2) is 65.8 Å². The van der Waals surface area contributed by atoms with Gasteiger partial charge in [-0.1, -0.05) is 37.5 Å². The zero-order valence-electron chi connectivity index (χ0n) is 22.5. The first-order chi connectivity index (χ1) is 18.9. The van der Waals surface area contributed by atoms with Crippen molar-refractivity contribution in [1.29, 1.82) is 0 Å². The molecule has 1 saturated carbocycles. The molecule has 1 fully saturated rings. The number of fused-ring (bicyclic) bond motifs is 2. The van der Waals surface area contributed by atoms with Crippen molar-refractivity contribution >= 4 is 22.3 Å². The first-order valence-electron chi connectivity index (χ1n) is 13.6. The second-order valence-electron chi connectivity index (χ2n) is 10.5. The second kappa shape index (κ2) is 10.1. The van der Waals surface area contributed by atoms with Gasteiger partial charge in [0.1, 0.15) is 5.56 Å². The Morgan fingerprint density at radius 3 is 2.64 bits per heavy atom. The maximum atomic E-state index is 14.4. The molecule has 1 N–H and O–H groups in total. The number of nitrogens with one attached hydrogen (secondary N) is 1. The van der Waals surface area contributed by atoms with Crippen molar-refractivity contribution in [2.75, 3.05) is 0 Å². The number of aryl methyl sites for hydroxylation is 2. The highest BCUT2D eigenvalue weighted by atomic mass is 16.2. The molecule has 1 aliphatic carbocycles. The van der Waals surface area contributed by atoms with E-state index in [4.69, 9.17) is 0 Å². The number of rotatable bonds is 5. The summed E-state index contributed by atoms with van der Waals surface area (Å²) >= 11 is 0. The van der Waals surface area contributed by atoms with Crippen LogP contribution in [-0.2, 0) is 0 Å². The minimum atomic E-state index is -0.401. The lowest BCUT2D eigenvalue weighted by Gasteiger charge is -2.30. The molecule has 1 aliphatic rings. The van der Waals surface area contributed by atoms with E-state index in [1.165, 1.54) is 6.42 Å². The summed E-state index contributed by atoms with van der Waals surface area (Å²) in [4.78, 5) is 36.6. The van der Waals surface area contributed by atoms with E-state index in [2.05, 4.69) is 26.4 Å². The lowest BCUT2D eigenvalue weighted by Crippen LogP contribution is -2.35. The molecule has 1 amide bonds. The Morgan fingerprint density at radius 1 is 1.03 bits per heavy atom. The minimum absolute atomic E-state index is 0.00519. The van der Waals surface area contributed by atoms with Gasteiger partial charge in [0.15, 0.2) is 5.65 Å². The van der Waals surface area contributed by atoms with Gasteiger partial charge >= 0.3 is 0 Å². The van der Waals surface area contributed by atoms with Gasteiger partial charge in [-0.15, -0.1) is 0 Å². The molecule has 5 aromatic rings. The second-order valence-corrected chi connectivity index (χ2v) is 10.5.